The highest BCUT2D eigenvalue weighted by Crippen LogP contribution is 2.23. The Kier molecular flexibility index (Phi) is 19.1. The molecular formula is C38H60N2. The van der Waals surface area contributed by atoms with E-state index in [1.54, 1.807) is 0 Å². The van der Waals surface area contributed by atoms with Crippen molar-refractivity contribution >= 4 is 22.8 Å². The predicted octanol–water partition coefficient (Wildman–Crippen LogP) is 12.7. The number of nitrogens with zero attached hydrogens (tertiary/aromatic N) is 2. The second-order valence-electron chi connectivity index (χ2n) is 11.7. The van der Waals surface area contributed by atoms with Gasteiger partial charge in [0, 0.05) is 0 Å². The molecule has 2 aromatic carbocycles. The molecule has 0 radical (unpaired) electrons. The maximum Gasteiger partial charge on any atom is 0.0636 e. The highest BCUT2D eigenvalue weighted by atomic mass is 14.8. The normalized spacial score (nSPS) is 12.3. The van der Waals surface area contributed by atoms with Crippen molar-refractivity contribution in [3.05, 3.63) is 59.7 Å². The fraction of sp³-hybridized carbons (Fsp3) is 0.632. The number of rotatable bonds is 23. The third-order valence-electron chi connectivity index (χ3n) is 7.85. The first-order valence-corrected chi connectivity index (χ1v) is 17.0. The van der Waals surface area contributed by atoms with E-state index in [0.29, 0.717) is 0 Å². The monoisotopic (exact) mass is 544 g/mol. The lowest BCUT2D eigenvalue weighted by Gasteiger charge is -2.12. The van der Waals surface area contributed by atoms with Crippen LogP contribution in [0.2, 0.25) is 0 Å². The summed E-state index contributed by atoms with van der Waals surface area (Å²) in [5, 5.41) is 0. The highest BCUT2D eigenvalue weighted by molar-refractivity contribution is 6.43. The van der Waals surface area contributed by atoms with Gasteiger partial charge in [0.2, 0.25) is 0 Å². The van der Waals surface area contributed by atoms with Crippen molar-refractivity contribution in [3.8, 4) is 0 Å². The summed E-state index contributed by atoms with van der Waals surface area (Å²) in [4.78, 5) is 10.6. The molecule has 0 atom stereocenters. The van der Waals surface area contributed by atoms with Gasteiger partial charge in [0.15, 0.2) is 0 Å². The second-order valence-corrected chi connectivity index (χ2v) is 11.7. The topological polar surface area (TPSA) is 24.7 Å². The Morgan fingerprint density at radius 2 is 0.850 bits per heavy atom. The summed E-state index contributed by atoms with van der Waals surface area (Å²) in [5.41, 5.74) is 7.44. The lowest BCUT2D eigenvalue weighted by Crippen LogP contribution is -2.14. The van der Waals surface area contributed by atoms with Gasteiger partial charge < -0.3 is 0 Å². The quantitative estimate of drug-likeness (QED) is 0.0981. The Morgan fingerprint density at radius 1 is 0.450 bits per heavy atom. The van der Waals surface area contributed by atoms with E-state index in [-0.39, 0.29) is 0 Å². The molecule has 0 aliphatic heterocycles. The van der Waals surface area contributed by atoms with Gasteiger partial charge in [-0.2, -0.15) is 0 Å². The molecule has 0 aromatic heterocycles. The molecule has 0 N–H and O–H groups in total. The van der Waals surface area contributed by atoms with Crippen molar-refractivity contribution in [2.75, 3.05) is 0 Å². The second kappa shape index (κ2) is 22.5. The summed E-state index contributed by atoms with van der Waals surface area (Å²) >= 11 is 0. The molecule has 0 heterocycles. The highest BCUT2D eigenvalue weighted by Gasteiger charge is 2.11. The maximum absolute atomic E-state index is 5.33. The molecule has 40 heavy (non-hydrogen) atoms. The SMILES string of the molecule is CCCCCCCCC(=Nc1cccc(CCCCCC)c1)C(CCCC)=Nc1cccc(CCCCCC)c1. The van der Waals surface area contributed by atoms with Crippen LogP contribution < -0.4 is 0 Å². The number of aryl methyl sites for hydroxylation is 2. The molecule has 222 valence electrons. The van der Waals surface area contributed by atoms with Crippen LogP contribution in [0.5, 0.6) is 0 Å². The number of unbranched alkanes of at least 4 members (excludes halogenated alkanes) is 12. The van der Waals surface area contributed by atoms with E-state index >= 15 is 0 Å². The van der Waals surface area contributed by atoms with E-state index in [1.165, 1.54) is 119 Å². The van der Waals surface area contributed by atoms with Crippen molar-refractivity contribution in [1.29, 1.82) is 0 Å². The maximum atomic E-state index is 5.33. The summed E-state index contributed by atoms with van der Waals surface area (Å²) < 4.78 is 0. The van der Waals surface area contributed by atoms with Gasteiger partial charge in [-0.1, -0.05) is 129 Å². The molecule has 0 unspecified atom stereocenters. The predicted molar refractivity (Wildman–Crippen MR) is 180 cm³/mol. The Balaban J connectivity index is 2.30. The number of benzene rings is 2. The molecule has 2 nitrogen and oxygen atoms in total. The van der Waals surface area contributed by atoms with Crippen LogP contribution in [0.3, 0.4) is 0 Å². The van der Waals surface area contributed by atoms with Crippen molar-refractivity contribution in [1.82, 2.24) is 0 Å². The van der Waals surface area contributed by atoms with Gasteiger partial charge in [0.1, 0.15) is 0 Å². The summed E-state index contributed by atoms with van der Waals surface area (Å²) in [6, 6.07) is 17.9. The summed E-state index contributed by atoms with van der Waals surface area (Å²) in [6.45, 7) is 9.13. The fourth-order valence-corrected chi connectivity index (χ4v) is 5.33. The van der Waals surface area contributed by atoms with Gasteiger partial charge in [-0.15, -0.1) is 0 Å². The molecule has 0 aliphatic rings. The number of hydrogen-bond acceptors (Lipinski definition) is 2. The van der Waals surface area contributed by atoms with Crippen LogP contribution in [-0.4, -0.2) is 11.4 Å². The molecule has 0 spiro atoms. The average Bonchev–Trinajstić information content (AvgIpc) is 2.97. The van der Waals surface area contributed by atoms with Crippen molar-refractivity contribution in [2.45, 2.75) is 156 Å². The van der Waals surface area contributed by atoms with E-state index in [4.69, 9.17) is 9.98 Å². The number of aliphatic imine (C=N–C) groups is 2. The molecule has 0 saturated heterocycles. The zero-order valence-corrected chi connectivity index (χ0v) is 26.7. The zero-order chi connectivity index (χ0) is 28.7. The molecule has 0 fully saturated rings. The minimum absolute atomic E-state index is 1.00. The van der Waals surface area contributed by atoms with Gasteiger partial charge in [-0.25, -0.2) is 0 Å². The first kappa shape index (κ1) is 34.0. The van der Waals surface area contributed by atoms with Gasteiger partial charge in [-0.3, -0.25) is 9.98 Å². The molecule has 0 saturated carbocycles. The number of hydrogen-bond donors (Lipinski definition) is 0. The van der Waals surface area contributed by atoms with Gasteiger partial charge in [0.05, 0.1) is 22.8 Å². The average molecular weight is 545 g/mol. The smallest absolute Gasteiger partial charge is 0.0636 e. The zero-order valence-electron chi connectivity index (χ0n) is 26.7. The van der Waals surface area contributed by atoms with E-state index < -0.39 is 0 Å². The lowest BCUT2D eigenvalue weighted by atomic mass is 10.0. The van der Waals surface area contributed by atoms with E-state index in [9.17, 15) is 0 Å². The molecule has 0 bridgehead atoms. The molecule has 2 rings (SSSR count). The Bertz CT molecular complexity index is 971. The van der Waals surface area contributed by atoms with Crippen LogP contribution in [-0.2, 0) is 12.8 Å². The first-order valence-electron chi connectivity index (χ1n) is 17.0. The van der Waals surface area contributed by atoms with E-state index in [2.05, 4.69) is 76.2 Å². The summed E-state index contributed by atoms with van der Waals surface area (Å²) in [5.74, 6) is 0. The largest absolute Gasteiger partial charge is 0.252 e. The van der Waals surface area contributed by atoms with Crippen LogP contribution in [0.4, 0.5) is 11.4 Å². The van der Waals surface area contributed by atoms with Crippen molar-refractivity contribution < 1.29 is 0 Å². The van der Waals surface area contributed by atoms with Crippen LogP contribution in [0.1, 0.15) is 154 Å². The van der Waals surface area contributed by atoms with E-state index in [1.807, 2.05) is 0 Å². The molecule has 0 aliphatic carbocycles. The first-order chi connectivity index (χ1) is 19.7. The van der Waals surface area contributed by atoms with Gasteiger partial charge in [-0.05, 0) is 86.8 Å². The van der Waals surface area contributed by atoms with Crippen molar-refractivity contribution in [2.24, 2.45) is 9.98 Å². The van der Waals surface area contributed by atoms with Crippen LogP contribution in [0.15, 0.2) is 58.5 Å². The Morgan fingerprint density at radius 3 is 1.32 bits per heavy atom. The molecule has 0 amide bonds. The summed E-state index contributed by atoms with van der Waals surface area (Å²) in [7, 11) is 0. The minimum Gasteiger partial charge on any atom is -0.252 e. The molecule has 2 heteroatoms. The standard InChI is InChI=1S/C38H60N2/c1-5-9-13-16-17-20-30-38(40-36-28-22-26-34(32-36)24-19-15-11-7-3)37(29-12-8-4)39-35-27-21-25-33(31-35)23-18-14-10-6-2/h21-22,25-28,31-32H,5-20,23-24,29-30H2,1-4H3. The van der Waals surface area contributed by atoms with Gasteiger partial charge >= 0.3 is 0 Å². The Hall–Kier alpha value is -2.22. The minimum atomic E-state index is 1.00. The third-order valence-corrected chi connectivity index (χ3v) is 7.85. The molecular weight excluding hydrogens is 484 g/mol. The van der Waals surface area contributed by atoms with Crippen LogP contribution >= 0.6 is 0 Å². The molecule has 2 aromatic rings. The lowest BCUT2D eigenvalue weighted by molar-refractivity contribution is 0.616. The van der Waals surface area contributed by atoms with Crippen molar-refractivity contribution in [3.63, 3.8) is 0 Å². The Labute approximate surface area is 248 Å². The third kappa shape index (κ3) is 15.0. The van der Waals surface area contributed by atoms with E-state index in [0.717, 1.165) is 43.5 Å². The fourth-order valence-electron chi connectivity index (χ4n) is 5.33. The van der Waals surface area contributed by atoms with Crippen LogP contribution in [0, 0.1) is 0 Å². The summed E-state index contributed by atoms with van der Waals surface area (Å²) in [6.07, 6.45) is 24.9. The van der Waals surface area contributed by atoms with Crippen LogP contribution in [0.25, 0.3) is 0 Å². The van der Waals surface area contributed by atoms with Gasteiger partial charge in [0.25, 0.3) is 0 Å².